The molecule has 0 unspecified atom stereocenters. The molecule has 0 saturated carbocycles. The van der Waals surface area contributed by atoms with Gasteiger partial charge in [0.25, 0.3) is 0 Å². The summed E-state index contributed by atoms with van der Waals surface area (Å²) in [4.78, 5) is 20.7. The van der Waals surface area contributed by atoms with E-state index in [-0.39, 0.29) is 5.25 Å². The average Bonchev–Trinajstić information content (AvgIpc) is 2.14. The summed E-state index contributed by atoms with van der Waals surface area (Å²) in [5, 5.41) is 8.76. The van der Waals surface area contributed by atoms with E-state index in [4.69, 9.17) is 10.8 Å². The molecule has 0 heterocycles. The van der Waals surface area contributed by atoms with Crippen LogP contribution in [0.1, 0.15) is 26.2 Å². The molecule has 0 fully saturated rings. The minimum atomic E-state index is -0.987. The molecule has 0 amide bonds. The van der Waals surface area contributed by atoms with Crippen LogP contribution in [0.2, 0.25) is 0 Å². The number of nitrogens with two attached hydrogens (primary N) is 1. The van der Waals surface area contributed by atoms with Crippen LogP contribution in [-0.4, -0.2) is 34.4 Å². The van der Waals surface area contributed by atoms with Crippen LogP contribution in [0, 0.1) is 0 Å². The quantitative estimate of drug-likeness (QED) is 0.593. The van der Waals surface area contributed by atoms with Crippen molar-refractivity contribution < 1.29 is 14.7 Å². The van der Waals surface area contributed by atoms with E-state index in [0.29, 0.717) is 12.2 Å². The molecule has 0 aromatic heterocycles. The van der Waals surface area contributed by atoms with Gasteiger partial charge in [0.05, 0.1) is 0 Å². The van der Waals surface area contributed by atoms with Crippen molar-refractivity contribution in [1.82, 2.24) is 0 Å². The fraction of sp³-hybridized carbons (Fsp3) is 0.778. The Labute approximate surface area is 88.2 Å². The second kappa shape index (κ2) is 7.82. The fourth-order valence-corrected chi connectivity index (χ4v) is 2.25. The summed E-state index contributed by atoms with van der Waals surface area (Å²) >= 11 is 1.47. The van der Waals surface area contributed by atoms with Crippen molar-refractivity contribution in [2.75, 3.05) is 5.75 Å². The number of rotatable bonds is 8. The highest BCUT2D eigenvalue weighted by Gasteiger charge is 2.15. The molecule has 5 heteroatoms. The van der Waals surface area contributed by atoms with Crippen molar-refractivity contribution in [3.63, 3.8) is 0 Å². The van der Waals surface area contributed by atoms with Gasteiger partial charge < -0.3 is 15.6 Å². The van der Waals surface area contributed by atoms with Crippen molar-refractivity contribution in [2.45, 2.75) is 37.5 Å². The van der Waals surface area contributed by atoms with Crippen molar-refractivity contribution in [3.8, 4) is 0 Å². The van der Waals surface area contributed by atoms with E-state index >= 15 is 0 Å². The third-order valence-electron chi connectivity index (χ3n) is 1.80. The maximum absolute atomic E-state index is 10.4. The van der Waals surface area contributed by atoms with Crippen LogP contribution in [0.5, 0.6) is 0 Å². The zero-order valence-electron chi connectivity index (χ0n) is 8.31. The van der Waals surface area contributed by atoms with Gasteiger partial charge in [-0.05, 0) is 6.42 Å². The minimum absolute atomic E-state index is 0.211. The minimum Gasteiger partial charge on any atom is -0.480 e. The Morgan fingerprint density at radius 1 is 1.64 bits per heavy atom. The summed E-state index contributed by atoms with van der Waals surface area (Å²) in [6.07, 6.45) is 3.27. The summed E-state index contributed by atoms with van der Waals surface area (Å²) in [5.41, 5.74) is 5.35. The van der Waals surface area contributed by atoms with Crippen LogP contribution < -0.4 is 5.73 Å². The first-order chi connectivity index (χ1) is 6.61. The first-order valence-electron chi connectivity index (χ1n) is 4.65. The third-order valence-corrected chi connectivity index (χ3v) is 3.25. The van der Waals surface area contributed by atoms with Gasteiger partial charge in [-0.1, -0.05) is 13.3 Å². The summed E-state index contributed by atoms with van der Waals surface area (Å²) in [6.45, 7) is 2.04. The highest BCUT2D eigenvalue weighted by molar-refractivity contribution is 8.00. The largest absolute Gasteiger partial charge is 0.480 e. The number of carbonyl (C=O) groups excluding carboxylic acids is 1. The zero-order chi connectivity index (χ0) is 11.0. The number of carboxylic acid groups (broad SMARTS) is 1. The van der Waals surface area contributed by atoms with E-state index in [0.717, 1.165) is 19.1 Å². The number of thioether (sulfide) groups is 1. The van der Waals surface area contributed by atoms with E-state index in [1.165, 1.54) is 11.8 Å². The number of carbonyl (C=O) groups is 2. The Bertz CT molecular complexity index is 187. The average molecular weight is 219 g/mol. The van der Waals surface area contributed by atoms with Crippen LogP contribution in [0.4, 0.5) is 0 Å². The Balaban J connectivity index is 3.79. The van der Waals surface area contributed by atoms with Gasteiger partial charge in [0, 0.05) is 17.4 Å². The first-order valence-corrected chi connectivity index (χ1v) is 5.70. The van der Waals surface area contributed by atoms with E-state index < -0.39 is 12.0 Å². The molecular formula is C9H17NO3S. The molecule has 0 spiro atoms. The predicted molar refractivity (Wildman–Crippen MR) is 57.4 cm³/mol. The van der Waals surface area contributed by atoms with Gasteiger partial charge in [-0.2, -0.15) is 11.8 Å². The fourth-order valence-electron chi connectivity index (χ4n) is 1.01. The molecule has 0 aliphatic heterocycles. The maximum Gasteiger partial charge on any atom is 0.321 e. The van der Waals surface area contributed by atoms with Gasteiger partial charge in [-0.25, -0.2) is 0 Å². The molecule has 3 N–H and O–H groups in total. The normalized spacial score (nSPS) is 14.7. The van der Waals surface area contributed by atoms with E-state index in [2.05, 4.69) is 0 Å². The van der Waals surface area contributed by atoms with Crippen molar-refractivity contribution in [3.05, 3.63) is 0 Å². The number of aldehydes is 1. The molecule has 0 rings (SSSR count). The van der Waals surface area contributed by atoms with Crippen LogP contribution in [0.3, 0.4) is 0 Å². The molecule has 2 atom stereocenters. The molecule has 4 nitrogen and oxygen atoms in total. The SMILES string of the molecule is CCC[C@@H](CC=O)SC[C@H](N)C(=O)O. The third kappa shape index (κ3) is 5.99. The number of hydrogen-bond acceptors (Lipinski definition) is 4. The Morgan fingerprint density at radius 2 is 2.29 bits per heavy atom. The van der Waals surface area contributed by atoms with Gasteiger partial charge in [0.2, 0.25) is 0 Å². The lowest BCUT2D eigenvalue weighted by Crippen LogP contribution is -2.33. The summed E-state index contributed by atoms with van der Waals surface area (Å²) in [7, 11) is 0. The number of hydrogen-bond donors (Lipinski definition) is 2. The van der Waals surface area contributed by atoms with Gasteiger partial charge in [0.1, 0.15) is 12.3 Å². The zero-order valence-corrected chi connectivity index (χ0v) is 9.13. The van der Waals surface area contributed by atoms with Gasteiger partial charge in [0.15, 0.2) is 0 Å². The maximum atomic E-state index is 10.4. The molecule has 82 valence electrons. The molecule has 0 saturated heterocycles. The summed E-state index contributed by atoms with van der Waals surface area (Å²) in [6, 6.07) is -0.828. The number of carboxylic acids is 1. The highest BCUT2D eigenvalue weighted by atomic mass is 32.2. The highest BCUT2D eigenvalue weighted by Crippen LogP contribution is 2.19. The standard InChI is InChI=1S/C9H17NO3S/c1-2-3-7(4-5-11)14-6-8(10)9(12)13/h5,7-8H,2-4,6,10H2,1H3,(H,12,13)/t7-,8-/m0/s1. The van der Waals surface area contributed by atoms with Crippen molar-refractivity contribution in [1.29, 1.82) is 0 Å². The van der Waals surface area contributed by atoms with Crippen LogP contribution in [0.15, 0.2) is 0 Å². The van der Waals surface area contributed by atoms with Crippen molar-refractivity contribution >= 4 is 24.0 Å². The van der Waals surface area contributed by atoms with Crippen molar-refractivity contribution in [2.24, 2.45) is 5.73 Å². The van der Waals surface area contributed by atoms with Gasteiger partial charge in [-0.15, -0.1) is 0 Å². The van der Waals surface area contributed by atoms with Crippen LogP contribution in [-0.2, 0) is 9.59 Å². The smallest absolute Gasteiger partial charge is 0.321 e. The molecule has 14 heavy (non-hydrogen) atoms. The molecule has 0 radical (unpaired) electrons. The van der Waals surface area contributed by atoms with Gasteiger partial charge in [-0.3, -0.25) is 4.79 Å². The second-order valence-corrected chi connectivity index (χ2v) is 4.42. The number of aliphatic carboxylic acids is 1. The topological polar surface area (TPSA) is 80.4 Å². The van der Waals surface area contributed by atoms with E-state index in [1.807, 2.05) is 6.92 Å². The molecule has 0 aliphatic carbocycles. The molecule has 0 aliphatic rings. The summed E-state index contributed by atoms with van der Waals surface area (Å²) in [5.74, 6) is -0.618. The lowest BCUT2D eigenvalue weighted by Gasteiger charge is -2.14. The molecular weight excluding hydrogens is 202 g/mol. The lowest BCUT2D eigenvalue weighted by atomic mass is 10.2. The monoisotopic (exact) mass is 219 g/mol. The summed E-state index contributed by atoms with van der Waals surface area (Å²) < 4.78 is 0. The van der Waals surface area contributed by atoms with Crippen LogP contribution in [0.25, 0.3) is 0 Å². The Morgan fingerprint density at radius 3 is 2.71 bits per heavy atom. The van der Waals surface area contributed by atoms with Gasteiger partial charge >= 0.3 is 5.97 Å². The second-order valence-electron chi connectivity index (χ2n) is 3.09. The first kappa shape index (κ1) is 13.4. The van der Waals surface area contributed by atoms with E-state index in [9.17, 15) is 9.59 Å². The Kier molecular flexibility index (Phi) is 7.51. The van der Waals surface area contributed by atoms with Crippen LogP contribution >= 0.6 is 11.8 Å². The molecule has 0 bridgehead atoms. The lowest BCUT2D eigenvalue weighted by molar-refractivity contribution is -0.137. The van der Waals surface area contributed by atoms with E-state index in [1.54, 1.807) is 0 Å². The Hall–Kier alpha value is -0.550. The molecule has 0 aromatic rings. The predicted octanol–water partition coefficient (Wildman–Crippen LogP) is 0.889. The molecule has 0 aromatic carbocycles.